The highest BCUT2D eigenvalue weighted by molar-refractivity contribution is 5.80. The van der Waals surface area contributed by atoms with E-state index in [0.717, 1.165) is 51.4 Å². The molecule has 2 N–H and O–H groups in total. The van der Waals surface area contributed by atoms with E-state index in [4.69, 9.17) is 10.5 Å². The van der Waals surface area contributed by atoms with Gasteiger partial charge in [0.1, 0.15) is 11.6 Å². The lowest BCUT2D eigenvalue weighted by Gasteiger charge is -2.38. The van der Waals surface area contributed by atoms with Gasteiger partial charge in [-0.2, -0.15) is 0 Å². The first-order valence-electron chi connectivity index (χ1n) is 7.81. The smallest absolute Gasteiger partial charge is 0.326 e. The minimum atomic E-state index is -0.709. The van der Waals surface area contributed by atoms with E-state index in [2.05, 4.69) is 20.8 Å². The van der Waals surface area contributed by atoms with Gasteiger partial charge in [0.15, 0.2) is 0 Å². The summed E-state index contributed by atoms with van der Waals surface area (Å²) in [6.07, 6.45) is 8.01. The second-order valence-corrected chi connectivity index (χ2v) is 7.61. The minimum absolute atomic E-state index is 0.0975. The third-order valence-corrected chi connectivity index (χ3v) is 5.13. The van der Waals surface area contributed by atoms with E-state index in [1.54, 1.807) is 0 Å². The molecule has 2 fully saturated rings. The summed E-state index contributed by atoms with van der Waals surface area (Å²) in [6, 6.07) is 0. The van der Waals surface area contributed by atoms with Crippen LogP contribution >= 0.6 is 0 Å². The van der Waals surface area contributed by atoms with Gasteiger partial charge < -0.3 is 10.5 Å². The summed E-state index contributed by atoms with van der Waals surface area (Å²) in [4.78, 5) is 12.3. The van der Waals surface area contributed by atoms with Crippen molar-refractivity contribution >= 4 is 5.97 Å². The minimum Gasteiger partial charge on any atom is -0.461 e. The van der Waals surface area contributed by atoms with E-state index in [-0.39, 0.29) is 12.1 Å². The standard InChI is InChI=1S/C16H29NO2/c1-12-4-10-16(17,11-5-12)14(18)19-13-6-8-15(2,3)9-7-13/h12-13H,4-11,17H2,1-3H3. The summed E-state index contributed by atoms with van der Waals surface area (Å²) < 4.78 is 5.70. The van der Waals surface area contributed by atoms with E-state index < -0.39 is 5.54 Å². The summed E-state index contributed by atoms with van der Waals surface area (Å²) >= 11 is 0. The van der Waals surface area contributed by atoms with Crippen LogP contribution in [0.4, 0.5) is 0 Å². The summed E-state index contributed by atoms with van der Waals surface area (Å²) in [7, 11) is 0. The molecule has 2 saturated carbocycles. The lowest BCUT2D eigenvalue weighted by Crippen LogP contribution is -2.52. The molecule has 0 aromatic carbocycles. The van der Waals surface area contributed by atoms with Gasteiger partial charge in [-0.05, 0) is 62.7 Å². The number of hydrogen-bond donors (Lipinski definition) is 1. The Labute approximate surface area is 117 Å². The van der Waals surface area contributed by atoms with E-state index in [9.17, 15) is 4.79 Å². The molecule has 19 heavy (non-hydrogen) atoms. The SMILES string of the molecule is CC1CCC(N)(C(=O)OC2CCC(C)(C)CC2)CC1. The Hall–Kier alpha value is -0.570. The number of hydrogen-bond acceptors (Lipinski definition) is 3. The Balaban J connectivity index is 1.84. The third kappa shape index (κ3) is 3.71. The van der Waals surface area contributed by atoms with Gasteiger partial charge in [0, 0.05) is 0 Å². The number of nitrogens with two attached hydrogens (primary N) is 1. The maximum atomic E-state index is 12.3. The zero-order chi connectivity index (χ0) is 14.1. The molecular weight excluding hydrogens is 238 g/mol. The molecule has 0 spiro atoms. The monoisotopic (exact) mass is 267 g/mol. The number of carbonyl (C=O) groups is 1. The molecule has 3 heteroatoms. The van der Waals surface area contributed by atoms with Crippen LogP contribution < -0.4 is 5.73 Å². The van der Waals surface area contributed by atoms with Crippen molar-refractivity contribution in [2.75, 3.05) is 0 Å². The van der Waals surface area contributed by atoms with Gasteiger partial charge in [0.05, 0.1) is 0 Å². The van der Waals surface area contributed by atoms with Gasteiger partial charge in [-0.3, -0.25) is 4.79 Å². The Kier molecular flexibility index (Phi) is 4.24. The average molecular weight is 267 g/mol. The van der Waals surface area contributed by atoms with Crippen LogP contribution in [-0.4, -0.2) is 17.6 Å². The topological polar surface area (TPSA) is 52.3 Å². The maximum absolute atomic E-state index is 12.3. The average Bonchev–Trinajstić information content (AvgIpc) is 2.36. The fourth-order valence-electron chi connectivity index (χ4n) is 3.24. The van der Waals surface area contributed by atoms with Gasteiger partial charge in [-0.25, -0.2) is 0 Å². The van der Waals surface area contributed by atoms with Crippen LogP contribution in [0.25, 0.3) is 0 Å². The van der Waals surface area contributed by atoms with Crippen LogP contribution in [0.2, 0.25) is 0 Å². The Morgan fingerprint density at radius 3 is 2.11 bits per heavy atom. The molecule has 0 atom stereocenters. The highest BCUT2D eigenvalue weighted by atomic mass is 16.5. The third-order valence-electron chi connectivity index (χ3n) is 5.13. The van der Waals surface area contributed by atoms with Crippen molar-refractivity contribution in [2.24, 2.45) is 17.1 Å². The van der Waals surface area contributed by atoms with Gasteiger partial charge in [-0.15, -0.1) is 0 Å². The molecule has 0 aromatic rings. The molecule has 3 nitrogen and oxygen atoms in total. The molecule has 0 heterocycles. The molecule has 110 valence electrons. The second kappa shape index (κ2) is 5.43. The van der Waals surface area contributed by atoms with Crippen LogP contribution in [0, 0.1) is 11.3 Å². The number of ether oxygens (including phenoxy) is 1. The van der Waals surface area contributed by atoms with Crippen LogP contribution in [0.3, 0.4) is 0 Å². The maximum Gasteiger partial charge on any atom is 0.326 e. The van der Waals surface area contributed by atoms with Gasteiger partial charge in [-0.1, -0.05) is 20.8 Å². The molecule has 2 aliphatic rings. The predicted octanol–water partition coefficient (Wildman–Crippen LogP) is 3.41. The second-order valence-electron chi connectivity index (χ2n) is 7.61. The van der Waals surface area contributed by atoms with Gasteiger partial charge >= 0.3 is 5.97 Å². The number of rotatable bonds is 2. The Morgan fingerprint density at radius 2 is 1.58 bits per heavy atom. The van der Waals surface area contributed by atoms with Gasteiger partial charge in [0.2, 0.25) is 0 Å². The zero-order valence-electron chi connectivity index (χ0n) is 12.7. The largest absolute Gasteiger partial charge is 0.461 e. The molecule has 0 saturated heterocycles. The van der Waals surface area contributed by atoms with Crippen molar-refractivity contribution in [2.45, 2.75) is 83.8 Å². The molecule has 0 bridgehead atoms. The summed E-state index contributed by atoms with van der Waals surface area (Å²) in [5.41, 5.74) is 5.96. The van der Waals surface area contributed by atoms with Crippen molar-refractivity contribution in [3.8, 4) is 0 Å². The van der Waals surface area contributed by atoms with E-state index >= 15 is 0 Å². The number of esters is 1. The highest BCUT2D eigenvalue weighted by Crippen LogP contribution is 2.37. The molecule has 0 aromatic heterocycles. The fraction of sp³-hybridized carbons (Fsp3) is 0.938. The first-order chi connectivity index (χ1) is 8.81. The normalized spacial score (nSPS) is 35.9. The fourth-order valence-corrected chi connectivity index (χ4v) is 3.24. The van der Waals surface area contributed by atoms with Gasteiger partial charge in [0.25, 0.3) is 0 Å². The van der Waals surface area contributed by atoms with Crippen molar-refractivity contribution in [3.63, 3.8) is 0 Å². The predicted molar refractivity (Wildman–Crippen MR) is 76.7 cm³/mol. The first kappa shape index (κ1) is 14.8. The summed E-state index contributed by atoms with van der Waals surface area (Å²) in [5, 5.41) is 0. The molecule has 0 amide bonds. The van der Waals surface area contributed by atoms with E-state index in [1.165, 1.54) is 0 Å². The zero-order valence-corrected chi connectivity index (χ0v) is 12.7. The lowest BCUT2D eigenvalue weighted by atomic mass is 9.76. The van der Waals surface area contributed by atoms with Crippen molar-refractivity contribution in [1.29, 1.82) is 0 Å². The Bertz CT molecular complexity index is 320. The van der Waals surface area contributed by atoms with E-state index in [0.29, 0.717) is 11.3 Å². The number of carbonyl (C=O) groups excluding carboxylic acids is 1. The summed E-state index contributed by atoms with van der Waals surface area (Å²) in [5.74, 6) is 0.545. The van der Waals surface area contributed by atoms with Crippen LogP contribution in [0.1, 0.15) is 72.1 Å². The molecule has 0 radical (unpaired) electrons. The van der Waals surface area contributed by atoms with Crippen LogP contribution in [-0.2, 0) is 9.53 Å². The van der Waals surface area contributed by atoms with E-state index in [1.807, 2.05) is 0 Å². The molecule has 2 rings (SSSR count). The van der Waals surface area contributed by atoms with Crippen molar-refractivity contribution in [3.05, 3.63) is 0 Å². The molecule has 2 aliphatic carbocycles. The van der Waals surface area contributed by atoms with Crippen LogP contribution in [0.5, 0.6) is 0 Å². The summed E-state index contributed by atoms with van der Waals surface area (Å²) in [6.45, 7) is 6.81. The Morgan fingerprint density at radius 1 is 1.05 bits per heavy atom. The molecular formula is C16H29NO2. The molecule has 0 unspecified atom stereocenters. The van der Waals surface area contributed by atoms with Crippen LogP contribution in [0.15, 0.2) is 0 Å². The highest BCUT2D eigenvalue weighted by Gasteiger charge is 2.40. The van der Waals surface area contributed by atoms with Crippen molar-refractivity contribution in [1.82, 2.24) is 0 Å². The molecule has 0 aliphatic heterocycles. The lowest BCUT2D eigenvalue weighted by molar-refractivity contribution is -0.160. The van der Waals surface area contributed by atoms with Crippen molar-refractivity contribution < 1.29 is 9.53 Å². The quantitative estimate of drug-likeness (QED) is 0.780. The first-order valence-corrected chi connectivity index (χ1v) is 7.81.